The second-order valence-corrected chi connectivity index (χ2v) is 9.90. The first-order valence-electron chi connectivity index (χ1n) is 10.9. The molecule has 0 radical (unpaired) electrons. The number of aromatic nitrogens is 2. The van der Waals surface area contributed by atoms with E-state index >= 15 is 0 Å². The molecule has 0 amide bonds. The topological polar surface area (TPSA) is 67.3 Å². The largest absolute Gasteiger partial charge is 0.466 e. The molecule has 1 saturated carbocycles. The number of hydrogen-bond donors (Lipinski definition) is 1. The third-order valence-electron chi connectivity index (χ3n) is 6.62. The minimum Gasteiger partial charge on any atom is -0.466 e. The minimum absolute atomic E-state index is 0.0264. The van der Waals surface area contributed by atoms with Gasteiger partial charge in [-0.25, -0.2) is 9.97 Å². The number of nitrogens with zero attached hydrogens (tertiary/aromatic N) is 3. The van der Waals surface area contributed by atoms with Gasteiger partial charge >= 0.3 is 5.97 Å². The lowest BCUT2D eigenvalue weighted by Gasteiger charge is -2.53. The molecule has 0 atom stereocenters. The zero-order valence-electron chi connectivity index (χ0n) is 17.4. The second kappa shape index (κ2) is 8.19. The molecule has 0 bridgehead atoms. The van der Waals surface area contributed by atoms with Gasteiger partial charge in [0.05, 0.1) is 12.3 Å². The molecule has 2 fully saturated rings. The van der Waals surface area contributed by atoms with Crippen molar-refractivity contribution in [1.29, 1.82) is 0 Å². The van der Waals surface area contributed by atoms with Gasteiger partial charge in [0.2, 0.25) is 0 Å². The molecule has 7 heteroatoms. The summed E-state index contributed by atoms with van der Waals surface area (Å²) in [4.78, 5) is 24.3. The summed E-state index contributed by atoms with van der Waals surface area (Å²) in [7, 11) is 0. The van der Waals surface area contributed by atoms with Crippen LogP contribution < -0.4 is 5.32 Å². The number of hydrogen-bond acceptors (Lipinski definition) is 7. The van der Waals surface area contributed by atoms with Crippen LogP contribution in [-0.4, -0.2) is 40.5 Å². The zero-order chi connectivity index (χ0) is 20.6. The van der Waals surface area contributed by atoms with E-state index < -0.39 is 0 Å². The highest BCUT2D eigenvalue weighted by Gasteiger charge is 2.45. The van der Waals surface area contributed by atoms with E-state index in [4.69, 9.17) is 4.74 Å². The highest BCUT2D eigenvalue weighted by Crippen LogP contribution is 2.47. The number of carbonyl (C=O) groups is 1. The molecule has 158 valence electrons. The monoisotopic (exact) mass is 424 g/mol. The molecule has 0 unspecified atom stereocenters. The zero-order valence-corrected chi connectivity index (χ0v) is 18.2. The Balaban J connectivity index is 1.13. The van der Waals surface area contributed by atoms with Crippen molar-refractivity contribution in [2.45, 2.75) is 55.5 Å². The van der Waals surface area contributed by atoms with Crippen molar-refractivity contribution in [2.24, 2.45) is 11.3 Å². The van der Waals surface area contributed by atoms with E-state index in [1.807, 2.05) is 6.92 Å². The summed E-state index contributed by atoms with van der Waals surface area (Å²) < 4.78 is 5.12. The molecular formula is C23H28N4O2S. The van der Waals surface area contributed by atoms with Crippen molar-refractivity contribution in [1.82, 2.24) is 14.9 Å². The lowest BCUT2D eigenvalue weighted by molar-refractivity contribution is -0.145. The van der Waals surface area contributed by atoms with Gasteiger partial charge in [0, 0.05) is 43.3 Å². The van der Waals surface area contributed by atoms with E-state index in [-0.39, 0.29) is 5.97 Å². The molecule has 1 aromatic carbocycles. The molecule has 30 heavy (non-hydrogen) atoms. The van der Waals surface area contributed by atoms with E-state index in [0.717, 1.165) is 35.9 Å². The minimum atomic E-state index is -0.0264. The van der Waals surface area contributed by atoms with Crippen LogP contribution in [0.5, 0.6) is 0 Å². The maximum atomic E-state index is 11.7. The van der Waals surface area contributed by atoms with Gasteiger partial charge in [-0.3, -0.25) is 9.69 Å². The number of ether oxygens (including phenoxy) is 1. The number of carbonyl (C=O) groups excluding carboxylic acids is 1. The number of fused-ring (bicyclic) bond motifs is 2. The Kier molecular flexibility index (Phi) is 5.41. The highest BCUT2D eigenvalue weighted by atomic mass is 32.2. The van der Waals surface area contributed by atoms with Crippen LogP contribution in [0.3, 0.4) is 0 Å². The molecule has 3 aliphatic rings. The predicted octanol–water partition coefficient (Wildman–Crippen LogP) is 4.63. The van der Waals surface area contributed by atoms with Crippen molar-refractivity contribution in [2.75, 3.05) is 25.0 Å². The Hall–Kier alpha value is -2.12. The molecule has 1 saturated heterocycles. The molecule has 2 aromatic rings. The van der Waals surface area contributed by atoms with Crippen molar-refractivity contribution >= 4 is 29.2 Å². The Morgan fingerprint density at radius 3 is 2.87 bits per heavy atom. The average Bonchev–Trinajstić information content (AvgIpc) is 2.72. The van der Waals surface area contributed by atoms with Crippen LogP contribution in [0.25, 0.3) is 0 Å². The van der Waals surface area contributed by atoms with Gasteiger partial charge in [-0.15, -0.1) is 0 Å². The number of anilines is 2. The third kappa shape index (κ3) is 4.05. The van der Waals surface area contributed by atoms with Crippen molar-refractivity contribution < 1.29 is 9.53 Å². The van der Waals surface area contributed by atoms with Gasteiger partial charge in [-0.2, -0.15) is 0 Å². The summed E-state index contributed by atoms with van der Waals surface area (Å²) in [5.41, 5.74) is 2.93. The van der Waals surface area contributed by atoms with Crippen LogP contribution in [0.2, 0.25) is 0 Å². The number of benzene rings is 1. The summed E-state index contributed by atoms with van der Waals surface area (Å²) in [6, 6.07) is 6.67. The average molecular weight is 425 g/mol. The lowest BCUT2D eigenvalue weighted by atomic mass is 9.65. The first-order valence-corrected chi connectivity index (χ1v) is 11.7. The van der Waals surface area contributed by atoms with Crippen LogP contribution in [-0.2, 0) is 16.1 Å². The first-order chi connectivity index (χ1) is 14.6. The highest BCUT2D eigenvalue weighted by molar-refractivity contribution is 7.99. The Morgan fingerprint density at radius 1 is 1.27 bits per heavy atom. The summed E-state index contributed by atoms with van der Waals surface area (Å²) >= 11 is 1.67. The van der Waals surface area contributed by atoms with Gasteiger partial charge in [0.25, 0.3) is 0 Å². The van der Waals surface area contributed by atoms with Gasteiger partial charge in [0.15, 0.2) is 5.82 Å². The van der Waals surface area contributed by atoms with E-state index in [1.54, 1.807) is 24.2 Å². The molecule has 2 aliphatic heterocycles. The quantitative estimate of drug-likeness (QED) is 0.599. The number of esters is 1. The number of rotatable bonds is 5. The van der Waals surface area contributed by atoms with E-state index in [9.17, 15) is 4.79 Å². The summed E-state index contributed by atoms with van der Waals surface area (Å²) in [6.45, 7) is 5.70. The van der Waals surface area contributed by atoms with E-state index in [1.165, 1.54) is 36.4 Å². The fraction of sp³-hybridized carbons (Fsp3) is 0.522. The SMILES string of the molecule is CCOC(=O)CC1CCC2(CC1)CN(Cc1ccc3c(c1)Nc1nccnc1S3)C2. The Morgan fingerprint density at radius 2 is 2.07 bits per heavy atom. The van der Waals surface area contributed by atoms with Crippen LogP contribution >= 0.6 is 11.8 Å². The van der Waals surface area contributed by atoms with Crippen LogP contribution in [0, 0.1) is 11.3 Å². The Labute approximate surface area is 181 Å². The Bertz CT molecular complexity index is 935. The lowest BCUT2D eigenvalue weighted by Crippen LogP contribution is -2.56. The predicted molar refractivity (Wildman–Crippen MR) is 117 cm³/mol. The van der Waals surface area contributed by atoms with Crippen molar-refractivity contribution in [3.8, 4) is 0 Å². The molecule has 1 aromatic heterocycles. The molecule has 5 rings (SSSR count). The standard InChI is InChI=1S/C23H28N4O2S/c1-2-29-20(28)12-16-5-7-23(8-6-16)14-27(15-23)13-17-3-4-19-18(11-17)26-21-22(30-19)25-10-9-24-21/h3-4,9-11,16H,2,5-8,12-15H2,1H3,(H,24,26). The maximum absolute atomic E-state index is 11.7. The van der Waals surface area contributed by atoms with Crippen LogP contribution in [0.15, 0.2) is 40.5 Å². The summed E-state index contributed by atoms with van der Waals surface area (Å²) in [6.07, 6.45) is 8.86. The third-order valence-corrected chi connectivity index (χ3v) is 7.69. The fourth-order valence-electron chi connectivity index (χ4n) is 5.12. The molecule has 3 heterocycles. The van der Waals surface area contributed by atoms with Gasteiger partial charge in [-0.05, 0) is 61.6 Å². The maximum Gasteiger partial charge on any atom is 0.306 e. The van der Waals surface area contributed by atoms with E-state index in [0.29, 0.717) is 24.4 Å². The van der Waals surface area contributed by atoms with E-state index in [2.05, 4.69) is 38.4 Å². The van der Waals surface area contributed by atoms with Crippen molar-refractivity contribution in [3.05, 3.63) is 36.2 Å². The molecule has 1 aliphatic carbocycles. The second-order valence-electron chi connectivity index (χ2n) is 8.87. The van der Waals surface area contributed by atoms with Crippen LogP contribution in [0.1, 0.15) is 44.6 Å². The molecular weight excluding hydrogens is 396 g/mol. The van der Waals surface area contributed by atoms with Gasteiger partial charge < -0.3 is 10.1 Å². The van der Waals surface area contributed by atoms with Gasteiger partial charge in [-0.1, -0.05) is 17.8 Å². The normalized spacial score (nSPS) is 20.0. The number of nitrogens with one attached hydrogen (secondary N) is 1. The molecule has 6 nitrogen and oxygen atoms in total. The molecule has 1 spiro atoms. The van der Waals surface area contributed by atoms with Gasteiger partial charge in [0.1, 0.15) is 5.03 Å². The molecule has 1 N–H and O–H groups in total. The fourth-order valence-corrected chi connectivity index (χ4v) is 6.00. The number of likely N-dealkylation sites (tertiary alicyclic amines) is 1. The van der Waals surface area contributed by atoms with Crippen molar-refractivity contribution in [3.63, 3.8) is 0 Å². The van der Waals surface area contributed by atoms with Crippen LogP contribution in [0.4, 0.5) is 11.5 Å². The first kappa shape index (κ1) is 19.8. The smallest absolute Gasteiger partial charge is 0.306 e. The summed E-state index contributed by atoms with van der Waals surface area (Å²) in [5.74, 6) is 1.33. The summed E-state index contributed by atoms with van der Waals surface area (Å²) in [5, 5.41) is 4.36.